The monoisotopic (exact) mass is 394 g/mol. The van der Waals surface area contributed by atoms with Crippen LogP contribution >= 0.6 is 7.59 Å². The van der Waals surface area contributed by atoms with Crippen LogP contribution in [0.4, 0.5) is 4.79 Å². The van der Waals surface area contributed by atoms with Crippen LogP contribution < -0.4 is 0 Å². The topological polar surface area (TPSA) is 70.7 Å². The van der Waals surface area contributed by atoms with E-state index in [0.717, 1.165) is 19.5 Å². The molecule has 3 amide bonds. The van der Waals surface area contributed by atoms with Crippen LogP contribution in [-0.2, 0) is 9.36 Å². The highest BCUT2D eigenvalue weighted by Crippen LogP contribution is 2.50. The van der Waals surface area contributed by atoms with Crippen LogP contribution in [0, 0.1) is 0 Å². The minimum Gasteiger partial charge on any atom is -0.349 e. The molecule has 0 aromatic carbocycles. The molecule has 0 N–H and O–H groups in total. The molecule has 0 unspecified atom stereocenters. The fraction of sp³-hybridized carbons (Fsp3) is 0.875. The average Bonchev–Trinajstić information content (AvgIpc) is 2.52. The summed E-state index contributed by atoms with van der Waals surface area (Å²) in [5, 5.41) is 0. The average molecular weight is 395 g/mol. The van der Waals surface area contributed by atoms with Gasteiger partial charge in [0.15, 0.2) is 0 Å². The molecule has 0 aromatic rings. The van der Waals surface area contributed by atoms with Gasteiger partial charge in [-0.2, -0.15) is 0 Å². The third-order valence-corrected chi connectivity index (χ3v) is 6.96. The van der Waals surface area contributed by atoms with E-state index in [1.54, 1.807) is 37.9 Å². The lowest BCUT2D eigenvalue weighted by molar-refractivity contribution is -0.126. The third kappa shape index (κ3) is 8.98. The lowest BCUT2D eigenvalue weighted by Crippen LogP contribution is -2.44. The van der Waals surface area contributed by atoms with Gasteiger partial charge in [-0.15, -0.1) is 0 Å². The van der Waals surface area contributed by atoms with E-state index in [9.17, 15) is 14.2 Å². The zero-order chi connectivity index (χ0) is 21.2. The molecular weight excluding hydrogens is 355 g/mol. The molecule has 26 heavy (non-hydrogen) atoms. The first kappa shape index (κ1) is 27.1. The summed E-state index contributed by atoms with van der Waals surface area (Å²) in [7, 11) is 15.6. The minimum atomic E-state index is -2.44. The molecule has 1 aliphatic rings. The van der Waals surface area contributed by atoms with Gasteiger partial charge < -0.3 is 14.7 Å². The number of hydrogen-bond donors (Lipinski definition) is 0. The van der Waals surface area contributed by atoms with Crippen LogP contribution in [0.3, 0.4) is 0 Å². The molecule has 0 aromatic heterocycles. The molecule has 0 atom stereocenters. The molecule has 156 valence electrons. The third-order valence-electron chi connectivity index (χ3n) is 3.83. The van der Waals surface area contributed by atoms with Gasteiger partial charge in [0.2, 0.25) is 5.91 Å². The summed E-state index contributed by atoms with van der Waals surface area (Å²) in [6.45, 7) is 3.34. The van der Waals surface area contributed by atoms with Crippen LogP contribution in [0.2, 0.25) is 0 Å². The van der Waals surface area contributed by atoms with Gasteiger partial charge in [-0.05, 0) is 48.7 Å². The molecule has 1 rings (SSSR count). The molecule has 10 heteroatoms. The number of urea groups is 1. The largest absolute Gasteiger partial charge is 0.349 e. The summed E-state index contributed by atoms with van der Waals surface area (Å²) < 4.78 is 17.3. The predicted octanol–water partition coefficient (Wildman–Crippen LogP) is 1.25. The first-order valence-electron chi connectivity index (χ1n) is 8.47. The van der Waals surface area contributed by atoms with E-state index in [0.29, 0.717) is 0 Å². The van der Waals surface area contributed by atoms with E-state index in [4.69, 9.17) is 0 Å². The Morgan fingerprint density at radius 1 is 0.846 bits per heavy atom. The predicted molar refractivity (Wildman–Crippen MR) is 108 cm³/mol. The normalized spacial score (nSPS) is 14.8. The highest BCUT2D eigenvalue weighted by Gasteiger charge is 2.30. The van der Waals surface area contributed by atoms with Crippen molar-refractivity contribution >= 4 is 19.5 Å². The van der Waals surface area contributed by atoms with E-state index in [1.807, 2.05) is 56.4 Å². The lowest BCUT2D eigenvalue weighted by Gasteiger charge is -2.34. The Morgan fingerprint density at radius 3 is 1.23 bits per heavy atom. The smallest absolute Gasteiger partial charge is 0.319 e. The fourth-order valence-electron chi connectivity index (χ4n) is 2.10. The van der Waals surface area contributed by atoms with Gasteiger partial charge in [0, 0.05) is 48.2 Å². The highest BCUT2D eigenvalue weighted by molar-refractivity contribution is 7.56. The van der Waals surface area contributed by atoms with Crippen LogP contribution in [-0.4, -0.2) is 124 Å². The fourth-order valence-corrected chi connectivity index (χ4v) is 4.25. The molecule has 0 spiro atoms. The summed E-state index contributed by atoms with van der Waals surface area (Å²) in [5.74, 6) is 0.0926. The van der Waals surface area contributed by atoms with Crippen molar-refractivity contribution in [1.82, 2.24) is 28.7 Å². The van der Waals surface area contributed by atoms with Gasteiger partial charge in [-0.1, -0.05) is 0 Å². The SMILES string of the molecule is CC(=O)N(C)C.CN(C)P(=O)(N(C)C)N(C)C.CN1CCCN(C)C1=O. The summed E-state index contributed by atoms with van der Waals surface area (Å²) in [6, 6.07) is 0.140. The van der Waals surface area contributed by atoms with Gasteiger partial charge in [-0.3, -0.25) is 9.36 Å². The first-order valence-corrected chi connectivity index (χ1v) is 10.0. The molecule has 0 aliphatic carbocycles. The molecule has 9 nitrogen and oxygen atoms in total. The van der Waals surface area contributed by atoms with Gasteiger partial charge in [0.05, 0.1) is 0 Å². The van der Waals surface area contributed by atoms with Gasteiger partial charge >= 0.3 is 6.03 Å². The highest BCUT2D eigenvalue weighted by atomic mass is 31.2. The lowest BCUT2D eigenvalue weighted by atomic mass is 10.3. The maximum Gasteiger partial charge on any atom is 0.319 e. The Bertz CT molecular complexity index is 442. The number of hydrogen-bond acceptors (Lipinski definition) is 3. The summed E-state index contributed by atoms with van der Waals surface area (Å²) in [6.07, 6.45) is 1.10. The number of carbonyl (C=O) groups excluding carboxylic acids is 2. The molecule has 1 saturated heterocycles. The standard InChI is InChI=1S/C6H18N3OP.C6H12N2O.C4H9NO/c1-7(2)11(10,8(3)4)9(5)6;1-7-4-3-5-8(2)6(7)9;1-4(6)5(2)3/h1-6H3;3-5H2,1-2H3;1-3H3. The number of carbonyl (C=O) groups is 2. The van der Waals surface area contributed by atoms with Crippen LogP contribution in [0.1, 0.15) is 13.3 Å². The molecular formula is C16H39N6O3P. The van der Waals surface area contributed by atoms with E-state index < -0.39 is 7.59 Å². The van der Waals surface area contributed by atoms with Crippen molar-refractivity contribution in [2.45, 2.75) is 13.3 Å². The second-order valence-electron chi connectivity index (χ2n) is 6.95. The van der Waals surface area contributed by atoms with E-state index in [1.165, 1.54) is 11.8 Å². The van der Waals surface area contributed by atoms with Crippen molar-refractivity contribution in [2.24, 2.45) is 0 Å². The van der Waals surface area contributed by atoms with Crippen molar-refractivity contribution in [3.05, 3.63) is 0 Å². The molecule has 0 saturated carbocycles. The Hall–Kier alpha value is -1.15. The van der Waals surface area contributed by atoms with E-state index in [-0.39, 0.29) is 11.9 Å². The molecule has 0 radical (unpaired) electrons. The van der Waals surface area contributed by atoms with Gasteiger partial charge in [-0.25, -0.2) is 18.8 Å². The molecule has 1 aliphatic heterocycles. The van der Waals surface area contributed by atoms with Crippen molar-refractivity contribution in [2.75, 3.05) is 83.6 Å². The summed E-state index contributed by atoms with van der Waals surface area (Å²) in [4.78, 5) is 26.1. The Labute approximate surface area is 160 Å². The summed E-state index contributed by atoms with van der Waals surface area (Å²) >= 11 is 0. The number of amides is 3. The maximum atomic E-state index is 12.1. The van der Waals surface area contributed by atoms with Crippen molar-refractivity contribution < 1.29 is 14.2 Å². The Morgan fingerprint density at radius 2 is 1.12 bits per heavy atom. The van der Waals surface area contributed by atoms with Gasteiger partial charge in [0.25, 0.3) is 7.59 Å². The van der Waals surface area contributed by atoms with Crippen LogP contribution in [0.25, 0.3) is 0 Å². The van der Waals surface area contributed by atoms with Crippen molar-refractivity contribution in [3.63, 3.8) is 0 Å². The minimum absolute atomic E-state index is 0.0926. The molecule has 0 bridgehead atoms. The number of nitrogens with zero attached hydrogens (tertiary/aromatic N) is 6. The summed E-state index contributed by atoms with van der Waals surface area (Å²) in [5.41, 5.74) is 0. The zero-order valence-electron chi connectivity index (χ0n) is 18.5. The first-order chi connectivity index (χ1) is 11.7. The Balaban J connectivity index is 0. The van der Waals surface area contributed by atoms with Crippen LogP contribution in [0.5, 0.6) is 0 Å². The second kappa shape index (κ2) is 12.3. The van der Waals surface area contributed by atoms with Gasteiger partial charge in [0.1, 0.15) is 0 Å². The van der Waals surface area contributed by atoms with Crippen molar-refractivity contribution in [3.8, 4) is 0 Å². The van der Waals surface area contributed by atoms with E-state index in [2.05, 4.69) is 0 Å². The van der Waals surface area contributed by atoms with E-state index >= 15 is 0 Å². The second-order valence-corrected chi connectivity index (χ2v) is 10.4. The number of rotatable bonds is 3. The quantitative estimate of drug-likeness (QED) is 0.671. The van der Waals surface area contributed by atoms with Crippen LogP contribution in [0.15, 0.2) is 0 Å². The molecule has 1 heterocycles. The Kier molecular flexibility index (Phi) is 12.8. The molecule has 1 fully saturated rings. The zero-order valence-corrected chi connectivity index (χ0v) is 19.4. The van der Waals surface area contributed by atoms with Crippen molar-refractivity contribution in [1.29, 1.82) is 0 Å². The maximum absolute atomic E-state index is 12.1.